The summed E-state index contributed by atoms with van der Waals surface area (Å²) in [6, 6.07) is 1.55. The summed E-state index contributed by atoms with van der Waals surface area (Å²) < 4.78 is 5.37. The molecular weight excluding hydrogens is 270 g/mol. The summed E-state index contributed by atoms with van der Waals surface area (Å²) in [6.45, 7) is 3.67. The third-order valence-electron chi connectivity index (χ3n) is 3.58. The molecule has 1 aromatic heterocycles. The fourth-order valence-corrected chi connectivity index (χ4v) is 2.52. The first kappa shape index (κ1) is 15.5. The van der Waals surface area contributed by atoms with Gasteiger partial charge in [0.25, 0.3) is 0 Å². The molecule has 1 fully saturated rings. The highest BCUT2D eigenvalue weighted by atomic mass is 16.5. The largest absolute Gasteiger partial charge is 0.374 e. The summed E-state index contributed by atoms with van der Waals surface area (Å²) in [5.41, 5.74) is 5.52. The smallest absolute Gasteiger partial charge is 0.240 e. The third-order valence-corrected chi connectivity index (χ3v) is 3.58. The molecule has 1 amide bonds. The average molecular weight is 293 g/mol. The monoisotopic (exact) mass is 293 g/mol. The van der Waals surface area contributed by atoms with Gasteiger partial charge in [0, 0.05) is 26.3 Å². The number of carbonyl (C=O) groups excluding carboxylic acids is 1. The summed E-state index contributed by atoms with van der Waals surface area (Å²) in [4.78, 5) is 22.5. The molecule has 1 aliphatic heterocycles. The van der Waals surface area contributed by atoms with Gasteiger partial charge in [-0.05, 0) is 26.2 Å². The van der Waals surface area contributed by atoms with Crippen molar-refractivity contribution in [3.05, 3.63) is 11.9 Å². The minimum atomic E-state index is -0.300. The molecule has 1 aliphatic rings. The van der Waals surface area contributed by atoms with Gasteiger partial charge in [-0.3, -0.25) is 4.79 Å². The Labute approximate surface area is 124 Å². The molecule has 7 nitrogen and oxygen atoms in total. The Bertz CT molecular complexity index is 494. The van der Waals surface area contributed by atoms with Crippen LogP contribution in [-0.2, 0) is 16.1 Å². The average Bonchev–Trinajstić information content (AvgIpc) is 2.52. The van der Waals surface area contributed by atoms with Crippen LogP contribution in [0, 0.1) is 0 Å². The van der Waals surface area contributed by atoms with E-state index in [-0.39, 0.29) is 11.9 Å². The highest BCUT2D eigenvalue weighted by molar-refractivity contribution is 5.83. The van der Waals surface area contributed by atoms with Gasteiger partial charge in [-0.1, -0.05) is 0 Å². The molecule has 3 N–H and O–H groups in total. The normalized spacial score (nSPS) is 18.6. The van der Waals surface area contributed by atoms with Crippen molar-refractivity contribution in [1.29, 1.82) is 0 Å². The van der Waals surface area contributed by atoms with Crippen LogP contribution in [0.1, 0.15) is 32.0 Å². The Morgan fingerprint density at radius 2 is 2.33 bits per heavy atom. The lowest BCUT2D eigenvalue weighted by molar-refractivity contribution is -0.119. The van der Waals surface area contributed by atoms with Gasteiger partial charge in [0.1, 0.15) is 24.3 Å². The number of nitrogens with two attached hydrogens (primary N) is 1. The maximum atomic E-state index is 11.6. The maximum Gasteiger partial charge on any atom is 0.240 e. The number of nitrogens with zero attached hydrogens (tertiary/aromatic N) is 3. The van der Waals surface area contributed by atoms with Crippen LogP contribution in [0.5, 0.6) is 0 Å². The number of anilines is 2. The molecular formula is C14H23N5O2. The number of hydrogen-bond acceptors (Lipinski definition) is 6. The van der Waals surface area contributed by atoms with Crippen molar-refractivity contribution in [2.75, 3.05) is 30.4 Å². The molecule has 1 unspecified atom stereocenters. The van der Waals surface area contributed by atoms with E-state index in [1.807, 2.05) is 17.9 Å². The van der Waals surface area contributed by atoms with Crippen molar-refractivity contribution in [1.82, 2.24) is 9.97 Å². The lowest BCUT2D eigenvalue weighted by atomic mass is 10.0. The van der Waals surface area contributed by atoms with E-state index < -0.39 is 0 Å². The molecule has 0 saturated carbocycles. The van der Waals surface area contributed by atoms with Gasteiger partial charge >= 0.3 is 0 Å². The fourth-order valence-electron chi connectivity index (χ4n) is 2.52. The van der Waals surface area contributed by atoms with Gasteiger partial charge in [-0.15, -0.1) is 0 Å². The van der Waals surface area contributed by atoms with Crippen LogP contribution < -0.4 is 16.0 Å². The van der Waals surface area contributed by atoms with Crippen molar-refractivity contribution in [3.63, 3.8) is 0 Å². The van der Waals surface area contributed by atoms with Crippen molar-refractivity contribution in [2.24, 2.45) is 5.73 Å². The van der Waals surface area contributed by atoms with E-state index in [1.165, 1.54) is 0 Å². The van der Waals surface area contributed by atoms with Crippen LogP contribution in [-0.4, -0.2) is 42.1 Å². The molecule has 0 aromatic carbocycles. The number of hydrogen-bond donors (Lipinski definition) is 2. The van der Waals surface area contributed by atoms with Crippen LogP contribution in [0.25, 0.3) is 0 Å². The molecule has 2 heterocycles. The second kappa shape index (κ2) is 7.21. The third kappa shape index (κ3) is 3.81. The van der Waals surface area contributed by atoms with Gasteiger partial charge in [0.05, 0.1) is 0 Å². The van der Waals surface area contributed by atoms with Crippen LogP contribution in [0.3, 0.4) is 0 Å². The SMILES string of the molecule is CCOCc1nc(NC)cc(N2CCCCC2C(N)=O)n1. The van der Waals surface area contributed by atoms with Crippen molar-refractivity contribution < 1.29 is 9.53 Å². The molecule has 0 radical (unpaired) electrons. The summed E-state index contributed by atoms with van der Waals surface area (Å²) in [7, 11) is 1.80. The number of ether oxygens (including phenoxy) is 1. The number of rotatable bonds is 6. The summed E-state index contributed by atoms with van der Waals surface area (Å²) in [6.07, 6.45) is 2.82. The first-order valence-corrected chi connectivity index (χ1v) is 7.35. The van der Waals surface area contributed by atoms with Crippen molar-refractivity contribution in [3.8, 4) is 0 Å². The van der Waals surface area contributed by atoms with Crippen LogP contribution >= 0.6 is 0 Å². The van der Waals surface area contributed by atoms with Gasteiger partial charge in [-0.2, -0.15) is 0 Å². The number of primary amides is 1. The van der Waals surface area contributed by atoms with Crippen molar-refractivity contribution >= 4 is 17.5 Å². The molecule has 0 spiro atoms. The molecule has 1 atom stereocenters. The highest BCUT2D eigenvalue weighted by Crippen LogP contribution is 2.25. The first-order valence-electron chi connectivity index (χ1n) is 7.35. The summed E-state index contributed by atoms with van der Waals surface area (Å²) >= 11 is 0. The zero-order valence-corrected chi connectivity index (χ0v) is 12.6. The molecule has 0 bridgehead atoms. The quantitative estimate of drug-likeness (QED) is 0.809. The highest BCUT2D eigenvalue weighted by Gasteiger charge is 2.28. The Morgan fingerprint density at radius 3 is 3.00 bits per heavy atom. The number of aromatic nitrogens is 2. The fraction of sp³-hybridized carbons (Fsp3) is 0.643. The molecule has 1 aromatic rings. The zero-order valence-electron chi connectivity index (χ0n) is 12.6. The molecule has 0 aliphatic carbocycles. The second-order valence-corrected chi connectivity index (χ2v) is 5.02. The maximum absolute atomic E-state index is 11.6. The standard InChI is InChI=1S/C14H23N5O2/c1-3-21-9-12-17-11(16-2)8-13(18-12)19-7-5-4-6-10(19)14(15)20/h8,10H,3-7,9H2,1-2H3,(H2,15,20)(H,16,17,18). The molecule has 116 valence electrons. The predicted octanol–water partition coefficient (Wildman–Crippen LogP) is 0.899. The van der Waals surface area contributed by atoms with Gasteiger partial charge < -0.3 is 20.7 Å². The minimum absolute atomic E-state index is 0.293. The van der Waals surface area contributed by atoms with E-state index in [0.29, 0.717) is 24.9 Å². The van der Waals surface area contributed by atoms with Crippen LogP contribution in [0.4, 0.5) is 11.6 Å². The topological polar surface area (TPSA) is 93.4 Å². The van der Waals surface area contributed by atoms with Crippen LogP contribution in [0.15, 0.2) is 6.07 Å². The van der Waals surface area contributed by atoms with E-state index in [4.69, 9.17) is 10.5 Å². The van der Waals surface area contributed by atoms with E-state index >= 15 is 0 Å². The van der Waals surface area contributed by atoms with Gasteiger partial charge in [0.15, 0.2) is 5.82 Å². The van der Waals surface area contributed by atoms with Crippen LogP contribution in [0.2, 0.25) is 0 Å². The number of amides is 1. The number of piperidine rings is 1. The van der Waals surface area contributed by atoms with Crippen molar-refractivity contribution in [2.45, 2.75) is 38.8 Å². The number of nitrogens with one attached hydrogen (secondary N) is 1. The number of carbonyl (C=O) groups is 1. The Kier molecular flexibility index (Phi) is 5.32. The Hall–Kier alpha value is -1.89. The molecule has 2 rings (SSSR count). The molecule has 21 heavy (non-hydrogen) atoms. The molecule has 7 heteroatoms. The lowest BCUT2D eigenvalue weighted by Gasteiger charge is -2.34. The summed E-state index contributed by atoms with van der Waals surface area (Å²) in [5.74, 6) is 1.74. The first-order chi connectivity index (χ1) is 10.2. The van der Waals surface area contributed by atoms with E-state index in [2.05, 4.69) is 15.3 Å². The van der Waals surface area contributed by atoms with E-state index in [9.17, 15) is 4.79 Å². The second-order valence-electron chi connectivity index (χ2n) is 5.02. The van der Waals surface area contributed by atoms with E-state index in [1.54, 1.807) is 7.05 Å². The summed E-state index contributed by atoms with van der Waals surface area (Å²) in [5, 5.41) is 3.02. The lowest BCUT2D eigenvalue weighted by Crippen LogP contribution is -2.48. The molecule has 1 saturated heterocycles. The minimum Gasteiger partial charge on any atom is -0.374 e. The zero-order chi connectivity index (χ0) is 15.2. The Balaban J connectivity index is 2.29. The predicted molar refractivity (Wildman–Crippen MR) is 81.1 cm³/mol. The van der Waals surface area contributed by atoms with E-state index in [0.717, 1.165) is 31.6 Å². The van der Waals surface area contributed by atoms with Gasteiger partial charge in [0.2, 0.25) is 5.91 Å². The van der Waals surface area contributed by atoms with Gasteiger partial charge in [-0.25, -0.2) is 9.97 Å². The Morgan fingerprint density at radius 1 is 1.52 bits per heavy atom.